The number of rotatable bonds is 3. The second-order valence-corrected chi connectivity index (χ2v) is 5.07. The molecule has 1 aromatic rings. The fraction of sp³-hybridized carbons (Fsp3) is 0.533. The first kappa shape index (κ1) is 15.6. The van der Waals surface area contributed by atoms with Crippen molar-refractivity contribution in [3.8, 4) is 11.8 Å². The predicted molar refractivity (Wildman–Crippen MR) is 69.8 cm³/mol. The SMILES string of the molecule is COC1CCC(Oc2ccc(C#N)c(C(F)(F)F)c2)CC1. The first-order valence-electron chi connectivity index (χ1n) is 6.75. The fourth-order valence-corrected chi connectivity index (χ4v) is 2.51. The molecule has 0 heterocycles. The molecule has 1 fully saturated rings. The molecule has 114 valence electrons. The molecule has 2 rings (SSSR count). The Hall–Kier alpha value is -1.74. The number of nitriles is 1. The first-order valence-corrected chi connectivity index (χ1v) is 6.75. The van der Waals surface area contributed by atoms with Crippen LogP contribution in [0.4, 0.5) is 13.2 Å². The third-order valence-electron chi connectivity index (χ3n) is 3.67. The molecule has 0 spiro atoms. The zero-order valence-corrected chi connectivity index (χ0v) is 11.6. The molecule has 1 aliphatic carbocycles. The van der Waals surface area contributed by atoms with Gasteiger partial charge >= 0.3 is 6.18 Å². The van der Waals surface area contributed by atoms with Gasteiger partial charge in [-0.25, -0.2) is 0 Å². The summed E-state index contributed by atoms with van der Waals surface area (Å²) in [6.45, 7) is 0. The number of halogens is 3. The van der Waals surface area contributed by atoms with E-state index in [9.17, 15) is 13.2 Å². The lowest BCUT2D eigenvalue weighted by Gasteiger charge is -2.28. The minimum absolute atomic E-state index is 0.106. The van der Waals surface area contributed by atoms with Crippen molar-refractivity contribution in [3.05, 3.63) is 29.3 Å². The van der Waals surface area contributed by atoms with Crippen LogP contribution in [0, 0.1) is 11.3 Å². The third-order valence-corrected chi connectivity index (χ3v) is 3.67. The summed E-state index contributed by atoms with van der Waals surface area (Å²) < 4.78 is 49.5. The topological polar surface area (TPSA) is 42.2 Å². The highest BCUT2D eigenvalue weighted by molar-refractivity contribution is 5.44. The molecule has 0 aromatic heterocycles. The van der Waals surface area contributed by atoms with Crippen molar-refractivity contribution in [2.75, 3.05) is 7.11 Å². The lowest BCUT2D eigenvalue weighted by atomic mass is 9.95. The third kappa shape index (κ3) is 3.88. The van der Waals surface area contributed by atoms with Gasteiger partial charge in [0.25, 0.3) is 0 Å². The van der Waals surface area contributed by atoms with Crippen molar-refractivity contribution < 1.29 is 22.6 Å². The summed E-state index contributed by atoms with van der Waals surface area (Å²) in [6.07, 6.45) is -1.28. The number of ether oxygens (including phenoxy) is 2. The van der Waals surface area contributed by atoms with Crippen molar-refractivity contribution >= 4 is 0 Å². The minimum atomic E-state index is -4.56. The Morgan fingerprint density at radius 1 is 1.14 bits per heavy atom. The average Bonchev–Trinajstić information content (AvgIpc) is 2.47. The Labute approximate surface area is 121 Å². The lowest BCUT2D eigenvalue weighted by molar-refractivity contribution is -0.137. The van der Waals surface area contributed by atoms with E-state index < -0.39 is 17.3 Å². The maximum Gasteiger partial charge on any atom is 0.417 e. The summed E-state index contributed by atoms with van der Waals surface area (Å²) in [6, 6.07) is 5.02. The van der Waals surface area contributed by atoms with E-state index in [-0.39, 0.29) is 18.0 Å². The van der Waals surface area contributed by atoms with Crippen molar-refractivity contribution in [2.45, 2.75) is 44.1 Å². The molecule has 0 saturated heterocycles. The molecule has 1 aromatic carbocycles. The fourth-order valence-electron chi connectivity index (χ4n) is 2.51. The van der Waals surface area contributed by atoms with Crippen molar-refractivity contribution in [2.24, 2.45) is 0 Å². The van der Waals surface area contributed by atoms with E-state index in [0.717, 1.165) is 37.8 Å². The molecule has 0 unspecified atom stereocenters. The van der Waals surface area contributed by atoms with Gasteiger partial charge in [-0.1, -0.05) is 0 Å². The summed E-state index contributed by atoms with van der Waals surface area (Å²) in [5, 5.41) is 8.75. The standard InChI is InChI=1S/C15H16F3NO2/c1-20-11-4-6-12(7-5-11)21-13-3-2-10(9-19)14(8-13)15(16,17)18/h2-3,8,11-12H,4-7H2,1H3. The molecule has 0 amide bonds. The molecule has 0 radical (unpaired) electrons. The van der Waals surface area contributed by atoms with Crippen LogP contribution in [0.5, 0.6) is 5.75 Å². The van der Waals surface area contributed by atoms with Crippen LogP contribution in [0.2, 0.25) is 0 Å². The number of methoxy groups -OCH3 is 1. The molecule has 1 saturated carbocycles. The monoisotopic (exact) mass is 299 g/mol. The molecular formula is C15H16F3NO2. The first-order chi connectivity index (χ1) is 9.94. The summed E-state index contributed by atoms with van der Waals surface area (Å²) in [4.78, 5) is 0. The summed E-state index contributed by atoms with van der Waals surface area (Å²) in [7, 11) is 1.65. The van der Waals surface area contributed by atoms with E-state index in [4.69, 9.17) is 14.7 Å². The Balaban J connectivity index is 2.10. The number of benzene rings is 1. The Bertz CT molecular complexity index is 529. The van der Waals surface area contributed by atoms with Crippen LogP contribution in [0.15, 0.2) is 18.2 Å². The van der Waals surface area contributed by atoms with Crippen LogP contribution in [0.1, 0.15) is 36.8 Å². The van der Waals surface area contributed by atoms with Gasteiger partial charge in [-0.15, -0.1) is 0 Å². The van der Waals surface area contributed by atoms with Gasteiger partial charge in [0.2, 0.25) is 0 Å². The maximum absolute atomic E-state index is 12.9. The van der Waals surface area contributed by atoms with E-state index in [1.807, 2.05) is 0 Å². The summed E-state index contributed by atoms with van der Waals surface area (Å²) in [5.74, 6) is 0.155. The molecule has 0 bridgehead atoms. The Morgan fingerprint density at radius 3 is 2.29 bits per heavy atom. The van der Waals surface area contributed by atoms with Crippen LogP contribution in [0.3, 0.4) is 0 Å². The van der Waals surface area contributed by atoms with Gasteiger partial charge in [-0.3, -0.25) is 0 Å². The van der Waals surface area contributed by atoms with Gasteiger partial charge in [0.15, 0.2) is 0 Å². The van der Waals surface area contributed by atoms with Gasteiger partial charge in [-0.2, -0.15) is 18.4 Å². The second-order valence-electron chi connectivity index (χ2n) is 5.07. The number of nitrogens with zero attached hydrogens (tertiary/aromatic N) is 1. The highest BCUT2D eigenvalue weighted by Crippen LogP contribution is 2.35. The van der Waals surface area contributed by atoms with E-state index in [1.54, 1.807) is 13.2 Å². The molecule has 0 N–H and O–H groups in total. The van der Waals surface area contributed by atoms with E-state index in [1.165, 1.54) is 6.07 Å². The Morgan fingerprint density at radius 2 is 1.76 bits per heavy atom. The average molecular weight is 299 g/mol. The summed E-state index contributed by atoms with van der Waals surface area (Å²) in [5.41, 5.74) is -1.34. The quantitative estimate of drug-likeness (QED) is 0.849. The highest BCUT2D eigenvalue weighted by Gasteiger charge is 2.34. The highest BCUT2D eigenvalue weighted by atomic mass is 19.4. The lowest BCUT2D eigenvalue weighted by Crippen LogP contribution is -2.27. The molecule has 21 heavy (non-hydrogen) atoms. The molecule has 0 atom stereocenters. The maximum atomic E-state index is 12.9. The summed E-state index contributed by atoms with van der Waals surface area (Å²) >= 11 is 0. The van der Waals surface area contributed by atoms with Gasteiger partial charge < -0.3 is 9.47 Å². The number of hydrogen-bond donors (Lipinski definition) is 0. The smallest absolute Gasteiger partial charge is 0.417 e. The van der Waals surface area contributed by atoms with Crippen molar-refractivity contribution in [1.82, 2.24) is 0 Å². The van der Waals surface area contributed by atoms with Crippen molar-refractivity contribution in [1.29, 1.82) is 5.26 Å². The zero-order chi connectivity index (χ0) is 15.5. The van der Waals surface area contributed by atoms with E-state index in [2.05, 4.69) is 0 Å². The van der Waals surface area contributed by atoms with Crippen LogP contribution in [-0.4, -0.2) is 19.3 Å². The number of alkyl halides is 3. The zero-order valence-electron chi connectivity index (χ0n) is 11.6. The van der Waals surface area contributed by atoms with Crippen LogP contribution in [-0.2, 0) is 10.9 Å². The van der Waals surface area contributed by atoms with Crippen LogP contribution in [0.25, 0.3) is 0 Å². The second kappa shape index (κ2) is 6.35. The van der Waals surface area contributed by atoms with Crippen LogP contribution < -0.4 is 4.74 Å². The predicted octanol–water partition coefficient (Wildman–Crippen LogP) is 3.91. The number of hydrogen-bond acceptors (Lipinski definition) is 3. The van der Waals surface area contributed by atoms with Gasteiger partial charge in [0, 0.05) is 7.11 Å². The largest absolute Gasteiger partial charge is 0.490 e. The molecule has 3 nitrogen and oxygen atoms in total. The Kier molecular flexibility index (Phi) is 4.73. The van der Waals surface area contributed by atoms with E-state index >= 15 is 0 Å². The molecular weight excluding hydrogens is 283 g/mol. The van der Waals surface area contributed by atoms with Crippen LogP contribution >= 0.6 is 0 Å². The molecule has 0 aliphatic heterocycles. The van der Waals surface area contributed by atoms with E-state index in [0.29, 0.717) is 0 Å². The van der Waals surface area contributed by atoms with Crippen molar-refractivity contribution in [3.63, 3.8) is 0 Å². The van der Waals surface area contributed by atoms with Gasteiger partial charge in [-0.05, 0) is 43.9 Å². The minimum Gasteiger partial charge on any atom is -0.490 e. The van der Waals surface area contributed by atoms with Gasteiger partial charge in [0.05, 0.1) is 29.4 Å². The molecule has 1 aliphatic rings. The normalized spacial score (nSPS) is 22.6. The molecule has 6 heteroatoms. The van der Waals surface area contributed by atoms with Gasteiger partial charge in [0.1, 0.15) is 5.75 Å².